The maximum Gasteiger partial charge on any atom is 0.190 e. The van der Waals surface area contributed by atoms with E-state index in [1.807, 2.05) is 13.8 Å². The van der Waals surface area contributed by atoms with Gasteiger partial charge in [-0.05, 0) is 20.3 Å². The molecule has 5 atom stereocenters. The van der Waals surface area contributed by atoms with Crippen LogP contribution in [0.3, 0.4) is 0 Å². The molecule has 0 saturated carbocycles. The lowest BCUT2D eigenvalue weighted by Gasteiger charge is -2.27. The van der Waals surface area contributed by atoms with E-state index in [-0.39, 0.29) is 12.7 Å². The van der Waals surface area contributed by atoms with Gasteiger partial charge in [0.1, 0.15) is 24.4 Å². The lowest BCUT2D eigenvalue weighted by Crippen LogP contribution is -2.44. The number of aliphatic hydroxyl groups is 2. The normalized spacial score (nSPS) is 37.0. The Labute approximate surface area is 120 Å². The van der Waals surface area contributed by atoms with E-state index in [0.717, 1.165) is 19.3 Å². The highest BCUT2D eigenvalue weighted by Crippen LogP contribution is 2.39. The molecule has 0 aromatic carbocycles. The molecule has 6 heteroatoms. The number of ether oxygens (including phenoxy) is 4. The molecule has 1 unspecified atom stereocenters. The first-order valence-corrected chi connectivity index (χ1v) is 7.40. The van der Waals surface area contributed by atoms with E-state index in [2.05, 4.69) is 6.92 Å². The lowest BCUT2D eigenvalue weighted by atomic mass is 10.1. The maximum absolute atomic E-state index is 9.85. The minimum absolute atomic E-state index is 0.363. The molecule has 118 valence electrons. The van der Waals surface area contributed by atoms with E-state index >= 15 is 0 Å². The van der Waals surface area contributed by atoms with Crippen molar-refractivity contribution in [3.63, 3.8) is 0 Å². The van der Waals surface area contributed by atoms with Crippen molar-refractivity contribution in [2.75, 3.05) is 13.2 Å². The third-order valence-corrected chi connectivity index (χ3v) is 3.65. The summed E-state index contributed by atoms with van der Waals surface area (Å²) in [6.45, 7) is 5.98. The topological polar surface area (TPSA) is 77.4 Å². The molecule has 6 nitrogen and oxygen atoms in total. The standard InChI is InChI=1S/C14H26O6/c1-4-5-6-7-17-11-10(9(16)8-15)18-13-12(11)19-14(2,3)20-13/h9-13,15-16H,4-8H2,1-3H3/t9-,10-,11+,12-,13?/m1/s1. The summed E-state index contributed by atoms with van der Waals surface area (Å²) in [6, 6.07) is 0. The Kier molecular flexibility index (Phi) is 5.39. The van der Waals surface area contributed by atoms with Gasteiger partial charge in [0.05, 0.1) is 6.61 Å². The van der Waals surface area contributed by atoms with Gasteiger partial charge in [0, 0.05) is 6.61 Å². The summed E-state index contributed by atoms with van der Waals surface area (Å²) in [7, 11) is 0. The number of unbranched alkanes of at least 4 members (excludes halogenated alkanes) is 2. The second kappa shape index (κ2) is 6.68. The van der Waals surface area contributed by atoms with Crippen molar-refractivity contribution in [3.05, 3.63) is 0 Å². The Bertz CT molecular complexity index is 308. The van der Waals surface area contributed by atoms with Gasteiger partial charge in [-0.25, -0.2) is 0 Å². The van der Waals surface area contributed by atoms with Crippen molar-refractivity contribution in [2.45, 2.75) is 76.5 Å². The molecule has 0 aromatic heterocycles. The van der Waals surface area contributed by atoms with E-state index in [1.54, 1.807) is 0 Å². The summed E-state index contributed by atoms with van der Waals surface area (Å²) in [5.74, 6) is -0.713. The molecule has 0 aromatic rings. The van der Waals surface area contributed by atoms with Crippen LogP contribution in [0.1, 0.15) is 40.0 Å². The van der Waals surface area contributed by atoms with Crippen molar-refractivity contribution < 1.29 is 29.2 Å². The Morgan fingerprint density at radius 2 is 2.00 bits per heavy atom. The van der Waals surface area contributed by atoms with Gasteiger partial charge in [-0.15, -0.1) is 0 Å². The van der Waals surface area contributed by atoms with Crippen LogP contribution in [-0.4, -0.2) is 59.9 Å². The van der Waals surface area contributed by atoms with Gasteiger partial charge in [0.2, 0.25) is 0 Å². The number of rotatable bonds is 7. The van der Waals surface area contributed by atoms with Crippen molar-refractivity contribution in [3.8, 4) is 0 Å². The summed E-state index contributed by atoms with van der Waals surface area (Å²) >= 11 is 0. The Morgan fingerprint density at radius 1 is 1.25 bits per heavy atom. The highest BCUT2D eigenvalue weighted by atomic mass is 16.8. The zero-order valence-electron chi connectivity index (χ0n) is 12.4. The zero-order chi connectivity index (χ0) is 14.8. The fourth-order valence-electron chi connectivity index (χ4n) is 2.68. The molecule has 2 N–H and O–H groups in total. The third kappa shape index (κ3) is 3.50. The van der Waals surface area contributed by atoms with Crippen molar-refractivity contribution >= 4 is 0 Å². The van der Waals surface area contributed by atoms with Crippen molar-refractivity contribution in [1.29, 1.82) is 0 Å². The molecular formula is C14H26O6. The highest BCUT2D eigenvalue weighted by molar-refractivity contribution is 4.96. The van der Waals surface area contributed by atoms with Crippen LogP contribution in [0.2, 0.25) is 0 Å². The largest absolute Gasteiger partial charge is 0.394 e. The minimum Gasteiger partial charge on any atom is -0.394 e. The first-order valence-electron chi connectivity index (χ1n) is 7.40. The van der Waals surface area contributed by atoms with Crippen LogP contribution >= 0.6 is 0 Å². The average Bonchev–Trinajstić information content (AvgIpc) is 2.86. The molecule has 0 radical (unpaired) electrons. The first-order chi connectivity index (χ1) is 9.48. The number of hydrogen-bond donors (Lipinski definition) is 2. The summed E-state index contributed by atoms with van der Waals surface area (Å²) < 4.78 is 22.9. The van der Waals surface area contributed by atoms with Gasteiger partial charge in [-0.3, -0.25) is 0 Å². The summed E-state index contributed by atoms with van der Waals surface area (Å²) in [6.07, 6.45) is 0.228. The fraction of sp³-hybridized carbons (Fsp3) is 1.00. The van der Waals surface area contributed by atoms with E-state index in [0.29, 0.717) is 6.61 Å². The van der Waals surface area contributed by atoms with Crippen LogP contribution in [0.25, 0.3) is 0 Å². The van der Waals surface area contributed by atoms with E-state index < -0.39 is 30.4 Å². The summed E-state index contributed by atoms with van der Waals surface area (Å²) in [4.78, 5) is 0. The molecular weight excluding hydrogens is 264 g/mol. The SMILES string of the molecule is CCCCCO[C@H]1[C@@H]([C@H](O)CO)OC2OC(C)(C)O[C@@H]21. The van der Waals surface area contributed by atoms with E-state index in [4.69, 9.17) is 24.1 Å². The van der Waals surface area contributed by atoms with Crippen LogP contribution < -0.4 is 0 Å². The smallest absolute Gasteiger partial charge is 0.190 e. The molecule has 2 fully saturated rings. The number of fused-ring (bicyclic) bond motifs is 1. The number of hydrogen-bond acceptors (Lipinski definition) is 6. The monoisotopic (exact) mass is 290 g/mol. The molecule has 0 amide bonds. The van der Waals surface area contributed by atoms with Crippen molar-refractivity contribution in [2.24, 2.45) is 0 Å². The minimum atomic E-state index is -0.993. The lowest BCUT2D eigenvalue weighted by molar-refractivity contribution is -0.231. The summed E-state index contributed by atoms with van der Waals surface area (Å²) in [5.41, 5.74) is 0. The molecule has 2 aliphatic heterocycles. The van der Waals surface area contributed by atoms with Gasteiger partial charge >= 0.3 is 0 Å². The Balaban J connectivity index is 1.97. The molecule has 2 rings (SSSR count). The predicted molar refractivity (Wildman–Crippen MR) is 71.1 cm³/mol. The quantitative estimate of drug-likeness (QED) is 0.675. The Hall–Kier alpha value is -0.240. The summed E-state index contributed by atoms with van der Waals surface area (Å²) in [5, 5.41) is 19.0. The molecule has 2 heterocycles. The average molecular weight is 290 g/mol. The van der Waals surface area contributed by atoms with Crippen molar-refractivity contribution in [1.82, 2.24) is 0 Å². The van der Waals surface area contributed by atoms with E-state index in [9.17, 15) is 5.11 Å². The molecule has 0 spiro atoms. The van der Waals surface area contributed by atoms with Crippen LogP contribution in [0, 0.1) is 0 Å². The highest BCUT2D eigenvalue weighted by Gasteiger charge is 2.56. The van der Waals surface area contributed by atoms with E-state index in [1.165, 1.54) is 0 Å². The van der Waals surface area contributed by atoms with Crippen LogP contribution in [0.5, 0.6) is 0 Å². The van der Waals surface area contributed by atoms with Gasteiger partial charge in [0.15, 0.2) is 12.1 Å². The van der Waals surface area contributed by atoms with Gasteiger partial charge in [-0.2, -0.15) is 0 Å². The first kappa shape index (κ1) is 16.1. The Morgan fingerprint density at radius 3 is 2.65 bits per heavy atom. The van der Waals surface area contributed by atoms with Gasteiger partial charge in [0.25, 0.3) is 0 Å². The second-order valence-electron chi connectivity index (χ2n) is 5.86. The molecule has 2 aliphatic rings. The van der Waals surface area contributed by atoms with Gasteiger partial charge in [-0.1, -0.05) is 19.8 Å². The van der Waals surface area contributed by atoms with Crippen LogP contribution in [0.4, 0.5) is 0 Å². The third-order valence-electron chi connectivity index (χ3n) is 3.65. The maximum atomic E-state index is 9.85. The number of aliphatic hydroxyl groups excluding tert-OH is 2. The molecule has 2 saturated heterocycles. The zero-order valence-corrected chi connectivity index (χ0v) is 12.4. The second-order valence-corrected chi connectivity index (χ2v) is 5.86. The molecule has 20 heavy (non-hydrogen) atoms. The molecule has 0 aliphatic carbocycles. The fourth-order valence-corrected chi connectivity index (χ4v) is 2.68. The van der Waals surface area contributed by atoms with Crippen LogP contribution in [0.15, 0.2) is 0 Å². The van der Waals surface area contributed by atoms with Crippen LogP contribution in [-0.2, 0) is 18.9 Å². The molecule has 0 bridgehead atoms. The predicted octanol–water partition coefficient (Wildman–Crippen LogP) is 0.791. The van der Waals surface area contributed by atoms with Gasteiger partial charge < -0.3 is 29.2 Å².